The summed E-state index contributed by atoms with van der Waals surface area (Å²) in [7, 11) is 0. The Morgan fingerprint density at radius 2 is 1.25 bits per heavy atom. The number of fused-ring (bicyclic) bond motifs is 3. The molecule has 7 nitrogen and oxygen atoms in total. The fourth-order valence-electron chi connectivity index (χ4n) is 2.29. The van der Waals surface area contributed by atoms with E-state index in [1.165, 1.54) is 6.07 Å². The van der Waals surface area contributed by atoms with Crippen LogP contribution in [0.2, 0.25) is 0 Å². The lowest BCUT2D eigenvalue weighted by molar-refractivity contribution is 0.00709. The predicted octanol–water partition coefficient (Wildman–Crippen LogP) is 1.61. The summed E-state index contributed by atoms with van der Waals surface area (Å²) in [5.74, 6) is 0.909. The summed E-state index contributed by atoms with van der Waals surface area (Å²) in [4.78, 5) is 11.5. The average Bonchev–Trinajstić information content (AvgIpc) is 2.60. The minimum atomic E-state index is -0.438. The first-order valence-electron chi connectivity index (χ1n) is 7.90. The van der Waals surface area contributed by atoms with Gasteiger partial charge in [0.2, 0.25) is 5.75 Å². The topological polar surface area (TPSA) is 76.4 Å². The van der Waals surface area contributed by atoms with Crippen molar-refractivity contribution in [3.63, 3.8) is 0 Å². The van der Waals surface area contributed by atoms with Crippen LogP contribution >= 0.6 is 0 Å². The first-order valence-corrected chi connectivity index (χ1v) is 7.90. The summed E-state index contributed by atoms with van der Waals surface area (Å²) in [5, 5.41) is 0.764. The number of benzene rings is 1. The first-order chi connectivity index (χ1) is 11.8. The molecule has 2 aromatic rings. The summed E-state index contributed by atoms with van der Waals surface area (Å²) in [6, 6.07) is 6.68. The monoisotopic (exact) mass is 336 g/mol. The van der Waals surface area contributed by atoms with E-state index in [1.807, 2.05) is 6.07 Å². The van der Waals surface area contributed by atoms with E-state index in [4.69, 9.17) is 28.1 Å². The molecule has 0 amide bonds. The Balaban J connectivity index is 1.83. The van der Waals surface area contributed by atoms with Crippen molar-refractivity contribution in [1.29, 1.82) is 0 Å². The molecule has 3 rings (SSSR count). The molecule has 1 aromatic carbocycles. The zero-order valence-electron chi connectivity index (χ0n) is 13.3. The smallest absolute Gasteiger partial charge is 0.336 e. The molecule has 0 fully saturated rings. The van der Waals surface area contributed by atoms with Gasteiger partial charge in [-0.15, -0.1) is 0 Å². The number of rotatable bonds is 0. The molecule has 1 aromatic heterocycles. The second-order valence-corrected chi connectivity index (χ2v) is 5.10. The minimum absolute atomic E-state index is 0.310. The third kappa shape index (κ3) is 4.47. The van der Waals surface area contributed by atoms with Gasteiger partial charge >= 0.3 is 5.63 Å². The second-order valence-electron chi connectivity index (χ2n) is 5.10. The van der Waals surface area contributed by atoms with Gasteiger partial charge in [-0.25, -0.2) is 4.79 Å². The van der Waals surface area contributed by atoms with Crippen molar-refractivity contribution >= 4 is 11.0 Å². The van der Waals surface area contributed by atoms with Gasteiger partial charge in [0.1, 0.15) is 13.2 Å². The lowest BCUT2D eigenvalue weighted by atomic mass is 10.2. The van der Waals surface area contributed by atoms with Gasteiger partial charge in [0.25, 0.3) is 0 Å². The minimum Gasteiger partial charge on any atom is -0.487 e. The van der Waals surface area contributed by atoms with Crippen molar-refractivity contribution in [2.24, 2.45) is 0 Å². The van der Waals surface area contributed by atoms with Crippen molar-refractivity contribution < 1.29 is 28.1 Å². The molecule has 0 N–H and O–H groups in total. The molecule has 7 heteroatoms. The van der Waals surface area contributed by atoms with Gasteiger partial charge in [0, 0.05) is 11.5 Å². The van der Waals surface area contributed by atoms with Crippen LogP contribution in [0.25, 0.3) is 11.0 Å². The molecule has 0 radical (unpaired) electrons. The van der Waals surface area contributed by atoms with Gasteiger partial charge in [-0.3, -0.25) is 0 Å². The Kier molecular flexibility index (Phi) is 6.06. The van der Waals surface area contributed by atoms with Gasteiger partial charge in [-0.05, 0) is 18.2 Å². The lowest BCUT2D eigenvalue weighted by Crippen LogP contribution is -2.13. The Bertz CT molecular complexity index is 710. The highest BCUT2D eigenvalue weighted by Crippen LogP contribution is 2.35. The Morgan fingerprint density at radius 3 is 1.96 bits per heavy atom. The molecule has 0 saturated carbocycles. The number of hydrogen-bond acceptors (Lipinski definition) is 7. The quantitative estimate of drug-likeness (QED) is 0.677. The molecule has 0 spiro atoms. The van der Waals surface area contributed by atoms with E-state index in [2.05, 4.69) is 0 Å². The molecular formula is C17H20O7. The van der Waals surface area contributed by atoms with E-state index in [9.17, 15) is 4.79 Å². The van der Waals surface area contributed by atoms with Crippen LogP contribution in [0.15, 0.2) is 33.5 Å². The molecule has 1 aliphatic rings. The zero-order chi connectivity index (χ0) is 16.6. The van der Waals surface area contributed by atoms with E-state index in [-0.39, 0.29) is 0 Å². The van der Waals surface area contributed by atoms with Crippen LogP contribution in [-0.2, 0) is 14.2 Å². The van der Waals surface area contributed by atoms with Gasteiger partial charge in [-0.1, -0.05) is 0 Å². The summed E-state index contributed by atoms with van der Waals surface area (Å²) in [6.45, 7) is 3.50. The van der Waals surface area contributed by atoms with Crippen LogP contribution < -0.4 is 15.1 Å². The van der Waals surface area contributed by atoms with Crippen LogP contribution in [0, 0.1) is 0 Å². The molecule has 0 saturated heterocycles. The first kappa shape index (κ1) is 16.8. The fraction of sp³-hybridized carbons (Fsp3) is 0.471. The maximum absolute atomic E-state index is 11.5. The van der Waals surface area contributed by atoms with Crippen LogP contribution in [0.1, 0.15) is 0 Å². The average molecular weight is 336 g/mol. The van der Waals surface area contributed by atoms with E-state index in [1.54, 1.807) is 12.1 Å². The summed E-state index contributed by atoms with van der Waals surface area (Å²) in [6.07, 6.45) is 0. The van der Waals surface area contributed by atoms with E-state index in [0.717, 1.165) is 5.39 Å². The Hall–Kier alpha value is -2.09. The highest BCUT2D eigenvalue weighted by atomic mass is 16.6. The van der Waals surface area contributed by atoms with Crippen LogP contribution in [0.5, 0.6) is 11.5 Å². The van der Waals surface area contributed by atoms with Crippen LogP contribution in [-0.4, -0.2) is 52.9 Å². The molecule has 0 aliphatic carbocycles. The standard InChI is InChI=1S/C17H20O7/c18-15-4-2-13-1-3-14-17(16(13)24-15)23-12-10-21-8-6-19-5-7-20-9-11-22-14/h1-4H,5-12H2. The molecule has 0 unspecified atom stereocenters. The van der Waals surface area contributed by atoms with Crippen LogP contribution in [0.4, 0.5) is 0 Å². The maximum atomic E-state index is 11.5. The molecule has 2 heterocycles. The molecule has 24 heavy (non-hydrogen) atoms. The van der Waals surface area contributed by atoms with E-state index in [0.29, 0.717) is 69.9 Å². The van der Waals surface area contributed by atoms with Crippen molar-refractivity contribution in [3.05, 3.63) is 34.7 Å². The normalized spacial score (nSPS) is 17.8. The highest BCUT2D eigenvalue weighted by molar-refractivity contribution is 5.85. The van der Waals surface area contributed by atoms with Crippen molar-refractivity contribution in [1.82, 2.24) is 0 Å². The second kappa shape index (κ2) is 8.68. The molecule has 0 bridgehead atoms. The number of hydrogen-bond donors (Lipinski definition) is 0. The SMILES string of the molecule is O=c1ccc2ccc3c(c2o1)OCCOCCOCCOCCO3. The van der Waals surface area contributed by atoms with Gasteiger partial charge in [0.15, 0.2) is 11.3 Å². The molecule has 0 atom stereocenters. The lowest BCUT2D eigenvalue weighted by Gasteiger charge is -2.14. The zero-order valence-corrected chi connectivity index (χ0v) is 13.3. The Morgan fingerprint density at radius 1 is 0.667 bits per heavy atom. The molecule has 1 aliphatic heterocycles. The highest BCUT2D eigenvalue weighted by Gasteiger charge is 2.14. The van der Waals surface area contributed by atoms with Crippen molar-refractivity contribution in [3.8, 4) is 11.5 Å². The van der Waals surface area contributed by atoms with E-state index >= 15 is 0 Å². The van der Waals surface area contributed by atoms with Crippen molar-refractivity contribution in [2.45, 2.75) is 0 Å². The molecule has 130 valence electrons. The number of ether oxygens (including phenoxy) is 5. The van der Waals surface area contributed by atoms with E-state index < -0.39 is 5.63 Å². The fourth-order valence-corrected chi connectivity index (χ4v) is 2.29. The van der Waals surface area contributed by atoms with Gasteiger partial charge in [0.05, 0.1) is 39.6 Å². The third-order valence-corrected chi connectivity index (χ3v) is 3.41. The predicted molar refractivity (Wildman–Crippen MR) is 85.9 cm³/mol. The van der Waals surface area contributed by atoms with Crippen molar-refractivity contribution in [2.75, 3.05) is 52.9 Å². The largest absolute Gasteiger partial charge is 0.487 e. The Labute approximate surface area is 139 Å². The maximum Gasteiger partial charge on any atom is 0.336 e. The van der Waals surface area contributed by atoms with Crippen LogP contribution in [0.3, 0.4) is 0 Å². The van der Waals surface area contributed by atoms with Gasteiger partial charge < -0.3 is 28.1 Å². The molecular weight excluding hydrogens is 316 g/mol. The summed E-state index contributed by atoms with van der Waals surface area (Å²) >= 11 is 0. The van der Waals surface area contributed by atoms with Gasteiger partial charge in [-0.2, -0.15) is 0 Å². The third-order valence-electron chi connectivity index (χ3n) is 3.41. The summed E-state index contributed by atoms with van der Waals surface area (Å²) in [5.41, 5.74) is -0.0688. The summed E-state index contributed by atoms with van der Waals surface area (Å²) < 4.78 is 33.0.